The number of carbonyl (C=O) groups excluding carboxylic acids is 3. The highest BCUT2D eigenvalue weighted by atomic mass is 16.2. The summed E-state index contributed by atoms with van der Waals surface area (Å²) in [6.07, 6.45) is 0.190. The van der Waals surface area contributed by atoms with Gasteiger partial charge < -0.3 is 10.2 Å². The SMILES string of the molecule is CC(=O)c1cccc(NC(=O)CCN(Cc2ccccc2C)C(C)=O)c1. The van der Waals surface area contributed by atoms with Crippen LogP contribution in [0.3, 0.4) is 0 Å². The Morgan fingerprint density at radius 1 is 1.00 bits per heavy atom. The minimum absolute atomic E-state index is 0.0536. The summed E-state index contributed by atoms with van der Waals surface area (Å²) < 4.78 is 0. The highest BCUT2D eigenvalue weighted by molar-refractivity contribution is 5.97. The number of hydrogen-bond acceptors (Lipinski definition) is 3. The van der Waals surface area contributed by atoms with Crippen molar-refractivity contribution in [3.8, 4) is 0 Å². The van der Waals surface area contributed by atoms with Gasteiger partial charge in [0.15, 0.2) is 5.78 Å². The third-order valence-corrected chi connectivity index (χ3v) is 4.23. The number of aryl methyl sites for hydroxylation is 1. The number of hydrogen-bond donors (Lipinski definition) is 1. The average Bonchev–Trinajstić information content (AvgIpc) is 2.60. The predicted octanol–water partition coefficient (Wildman–Crippen LogP) is 3.57. The van der Waals surface area contributed by atoms with Gasteiger partial charge in [0.25, 0.3) is 0 Å². The first-order chi connectivity index (χ1) is 12.4. The molecule has 0 saturated carbocycles. The Labute approximate surface area is 154 Å². The lowest BCUT2D eigenvalue weighted by atomic mass is 10.1. The van der Waals surface area contributed by atoms with E-state index >= 15 is 0 Å². The van der Waals surface area contributed by atoms with Crippen molar-refractivity contribution < 1.29 is 14.4 Å². The number of amides is 2. The molecular formula is C21H24N2O3. The smallest absolute Gasteiger partial charge is 0.226 e. The molecule has 0 bridgehead atoms. The average molecular weight is 352 g/mol. The molecule has 2 rings (SSSR count). The zero-order chi connectivity index (χ0) is 19.1. The van der Waals surface area contributed by atoms with Gasteiger partial charge in [-0.05, 0) is 37.1 Å². The lowest BCUT2D eigenvalue weighted by Gasteiger charge is -2.22. The predicted molar refractivity (Wildman–Crippen MR) is 102 cm³/mol. The van der Waals surface area contributed by atoms with Gasteiger partial charge in [-0.3, -0.25) is 14.4 Å². The molecule has 0 spiro atoms. The maximum absolute atomic E-state index is 12.2. The summed E-state index contributed by atoms with van der Waals surface area (Å²) in [5.74, 6) is -0.316. The highest BCUT2D eigenvalue weighted by Crippen LogP contribution is 2.13. The normalized spacial score (nSPS) is 10.3. The molecule has 0 heterocycles. The van der Waals surface area contributed by atoms with Crippen molar-refractivity contribution in [3.63, 3.8) is 0 Å². The summed E-state index contributed by atoms with van der Waals surface area (Å²) in [7, 11) is 0. The molecule has 26 heavy (non-hydrogen) atoms. The van der Waals surface area contributed by atoms with Crippen molar-refractivity contribution in [1.29, 1.82) is 0 Å². The summed E-state index contributed by atoms with van der Waals surface area (Å²) >= 11 is 0. The molecule has 2 aromatic carbocycles. The van der Waals surface area contributed by atoms with E-state index in [0.29, 0.717) is 24.3 Å². The summed E-state index contributed by atoms with van der Waals surface area (Å²) in [6.45, 7) is 5.81. The lowest BCUT2D eigenvalue weighted by Crippen LogP contribution is -2.31. The molecule has 0 unspecified atom stereocenters. The van der Waals surface area contributed by atoms with Crippen molar-refractivity contribution in [1.82, 2.24) is 4.90 Å². The maximum Gasteiger partial charge on any atom is 0.226 e. The number of Topliss-reactive ketones (excluding diaryl/α,β-unsaturated/α-hetero) is 1. The monoisotopic (exact) mass is 352 g/mol. The van der Waals surface area contributed by atoms with Crippen LogP contribution in [0, 0.1) is 6.92 Å². The zero-order valence-electron chi connectivity index (χ0n) is 15.4. The highest BCUT2D eigenvalue weighted by Gasteiger charge is 2.13. The molecule has 0 fully saturated rings. The molecule has 136 valence electrons. The van der Waals surface area contributed by atoms with Gasteiger partial charge in [0.1, 0.15) is 0 Å². The number of nitrogens with one attached hydrogen (secondary N) is 1. The minimum Gasteiger partial charge on any atom is -0.338 e. The van der Waals surface area contributed by atoms with E-state index in [1.807, 2.05) is 31.2 Å². The van der Waals surface area contributed by atoms with Crippen LogP contribution in [-0.2, 0) is 16.1 Å². The van der Waals surface area contributed by atoms with Gasteiger partial charge in [0.05, 0.1) is 0 Å². The second-order valence-electron chi connectivity index (χ2n) is 6.30. The minimum atomic E-state index is -0.193. The molecule has 0 aliphatic rings. The Hall–Kier alpha value is -2.95. The van der Waals surface area contributed by atoms with Gasteiger partial charge >= 0.3 is 0 Å². The molecular weight excluding hydrogens is 328 g/mol. The van der Waals surface area contributed by atoms with Crippen molar-refractivity contribution in [2.45, 2.75) is 33.7 Å². The molecule has 0 radical (unpaired) electrons. The van der Waals surface area contributed by atoms with Crippen molar-refractivity contribution in [2.75, 3.05) is 11.9 Å². The summed E-state index contributed by atoms with van der Waals surface area (Å²) in [5.41, 5.74) is 3.31. The van der Waals surface area contributed by atoms with E-state index in [4.69, 9.17) is 0 Å². The Kier molecular flexibility index (Phi) is 6.67. The van der Waals surface area contributed by atoms with Crippen LogP contribution in [0.15, 0.2) is 48.5 Å². The summed E-state index contributed by atoms with van der Waals surface area (Å²) in [4.78, 5) is 37.2. The summed E-state index contributed by atoms with van der Waals surface area (Å²) in [6, 6.07) is 14.7. The van der Waals surface area contributed by atoms with E-state index in [9.17, 15) is 14.4 Å². The third kappa shape index (κ3) is 5.55. The topological polar surface area (TPSA) is 66.5 Å². The fourth-order valence-corrected chi connectivity index (χ4v) is 2.62. The molecule has 5 nitrogen and oxygen atoms in total. The largest absolute Gasteiger partial charge is 0.338 e. The molecule has 1 N–H and O–H groups in total. The molecule has 2 aromatic rings. The second kappa shape index (κ2) is 8.94. The fraction of sp³-hybridized carbons (Fsp3) is 0.286. The Bertz CT molecular complexity index is 814. The van der Waals surface area contributed by atoms with Crippen LogP contribution < -0.4 is 5.32 Å². The molecule has 0 atom stereocenters. The van der Waals surface area contributed by atoms with Crippen molar-refractivity contribution in [2.24, 2.45) is 0 Å². The number of ketones is 1. The molecule has 0 aliphatic heterocycles. The first-order valence-corrected chi connectivity index (χ1v) is 8.57. The van der Waals surface area contributed by atoms with Crippen LogP contribution in [-0.4, -0.2) is 29.0 Å². The van der Waals surface area contributed by atoms with E-state index in [1.54, 1.807) is 29.2 Å². The molecule has 0 aliphatic carbocycles. The Morgan fingerprint density at radius 3 is 2.38 bits per heavy atom. The van der Waals surface area contributed by atoms with Crippen LogP contribution in [0.5, 0.6) is 0 Å². The fourth-order valence-electron chi connectivity index (χ4n) is 2.62. The van der Waals surface area contributed by atoms with Gasteiger partial charge in [-0.25, -0.2) is 0 Å². The van der Waals surface area contributed by atoms with Gasteiger partial charge in [-0.2, -0.15) is 0 Å². The molecule has 5 heteroatoms. The van der Waals surface area contributed by atoms with Crippen molar-refractivity contribution >= 4 is 23.3 Å². The van der Waals surface area contributed by atoms with Crippen LogP contribution >= 0.6 is 0 Å². The van der Waals surface area contributed by atoms with E-state index in [1.165, 1.54) is 13.8 Å². The van der Waals surface area contributed by atoms with Gasteiger partial charge in [0.2, 0.25) is 11.8 Å². The van der Waals surface area contributed by atoms with Crippen LogP contribution in [0.4, 0.5) is 5.69 Å². The van der Waals surface area contributed by atoms with Gasteiger partial charge in [-0.15, -0.1) is 0 Å². The van der Waals surface area contributed by atoms with E-state index < -0.39 is 0 Å². The summed E-state index contributed by atoms with van der Waals surface area (Å²) in [5, 5.41) is 2.78. The third-order valence-electron chi connectivity index (χ3n) is 4.23. The number of anilines is 1. The van der Waals surface area contributed by atoms with E-state index in [-0.39, 0.29) is 24.0 Å². The van der Waals surface area contributed by atoms with E-state index in [2.05, 4.69) is 5.32 Å². The molecule has 0 aromatic heterocycles. The number of nitrogens with zero attached hydrogens (tertiary/aromatic N) is 1. The molecule has 2 amide bonds. The van der Waals surface area contributed by atoms with Gasteiger partial charge in [0, 0.05) is 37.7 Å². The Balaban J connectivity index is 1.95. The van der Waals surface area contributed by atoms with Crippen molar-refractivity contribution in [3.05, 3.63) is 65.2 Å². The van der Waals surface area contributed by atoms with Gasteiger partial charge in [-0.1, -0.05) is 36.4 Å². The quantitative estimate of drug-likeness (QED) is 0.775. The number of carbonyl (C=O) groups is 3. The van der Waals surface area contributed by atoms with Crippen LogP contribution in [0.1, 0.15) is 41.8 Å². The van der Waals surface area contributed by atoms with Crippen LogP contribution in [0.2, 0.25) is 0 Å². The number of benzene rings is 2. The van der Waals surface area contributed by atoms with E-state index in [0.717, 1.165) is 11.1 Å². The first-order valence-electron chi connectivity index (χ1n) is 8.57. The molecule has 0 saturated heterocycles. The van der Waals surface area contributed by atoms with Crippen LogP contribution in [0.25, 0.3) is 0 Å². The lowest BCUT2D eigenvalue weighted by molar-refractivity contribution is -0.129. The standard InChI is InChI=1S/C21H24N2O3/c1-15-7-4-5-8-19(15)14-23(17(3)25)12-11-21(26)22-20-10-6-9-18(13-20)16(2)24/h4-10,13H,11-12,14H2,1-3H3,(H,22,26). The number of rotatable bonds is 7. The maximum atomic E-state index is 12.2. The Morgan fingerprint density at radius 2 is 1.73 bits per heavy atom. The zero-order valence-corrected chi connectivity index (χ0v) is 15.4. The second-order valence-corrected chi connectivity index (χ2v) is 6.30. The first kappa shape index (κ1) is 19.4.